The Kier molecular flexibility index (Phi) is 5.28. The Morgan fingerprint density at radius 1 is 1.30 bits per heavy atom. The average molecular weight is 318 g/mol. The van der Waals surface area contributed by atoms with Gasteiger partial charge in [0.25, 0.3) is 5.91 Å². The molecule has 0 atom stereocenters. The smallest absolute Gasteiger partial charge is 0.254 e. The number of halogens is 3. The van der Waals surface area contributed by atoms with Gasteiger partial charge in [0, 0.05) is 22.9 Å². The highest BCUT2D eigenvalue weighted by Gasteiger charge is 2.31. The van der Waals surface area contributed by atoms with Crippen LogP contribution in [0.15, 0.2) is 18.2 Å². The van der Waals surface area contributed by atoms with Crippen molar-refractivity contribution < 1.29 is 9.18 Å². The SMILES string of the molecule is O=C(NCC1(CCl)CCCCC1)c1ccc(Cl)cc1F. The zero-order chi connectivity index (χ0) is 14.6. The van der Waals surface area contributed by atoms with Gasteiger partial charge in [-0.3, -0.25) is 4.79 Å². The third-order valence-electron chi connectivity index (χ3n) is 4.00. The summed E-state index contributed by atoms with van der Waals surface area (Å²) in [6.07, 6.45) is 5.52. The fourth-order valence-corrected chi connectivity index (χ4v) is 3.22. The number of hydrogen-bond acceptors (Lipinski definition) is 1. The number of amides is 1. The lowest BCUT2D eigenvalue weighted by atomic mass is 9.75. The van der Waals surface area contributed by atoms with Crippen LogP contribution in [0.25, 0.3) is 0 Å². The van der Waals surface area contributed by atoms with Crippen molar-refractivity contribution in [3.05, 3.63) is 34.6 Å². The van der Waals surface area contributed by atoms with Crippen LogP contribution in [-0.4, -0.2) is 18.3 Å². The number of hydrogen-bond donors (Lipinski definition) is 1. The van der Waals surface area contributed by atoms with Gasteiger partial charge < -0.3 is 5.32 Å². The van der Waals surface area contributed by atoms with Crippen LogP contribution in [0.5, 0.6) is 0 Å². The molecule has 0 radical (unpaired) electrons. The fraction of sp³-hybridized carbons (Fsp3) is 0.533. The van der Waals surface area contributed by atoms with Crippen LogP contribution >= 0.6 is 23.2 Å². The van der Waals surface area contributed by atoms with Crippen molar-refractivity contribution in [3.8, 4) is 0 Å². The van der Waals surface area contributed by atoms with Crippen LogP contribution in [0, 0.1) is 11.2 Å². The van der Waals surface area contributed by atoms with Crippen molar-refractivity contribution in [2.24, 2.45) is 5.41 Å². The van der Waals surface area contributed by atoms with Crippen LogP contribution in [0.1, 0.15) is 42.5 Å². The molecule has 1 fully saturated rings. The van der Waals surface area contributed by atoms with Gasteiger partial charge in [0.1, 0.15) is 5.82 Å². The van der Waals surface area contributed by atoms with Gasteiger partial charge >= 0.3 is 0 Å². The molecule has 0 bridgehead atoms. The monoisotopic (exact) mass is 317 g/mol. The molecule has 1 aliphatic rings. The van der Waals surface area contributed by atoms with Crippen LogP contribution < -0.4 is 5.32 Å². The minimum Gasteiger partial charge on any atom is -0.351 e. The maximum Gasteiger partial charge on any atom is 0.254 e. The third-order valence-corrected chi connectivity index (χ3v) is 4.80. The second-order valence-electron chi connectivity index (χ2n) is 5.50. The van der Waals surface area contributed by atoms with E-state index in [-0.39, 0.29) is 16.0 Å². The lowest BCUT2D eigenvalue weighted by Gasteiger charge is -2.35. The van der Waals surface area contributed by atoms with Gasteiger partial charge in [-0.2, -0.15) is 0 Å². The summed E-state index contributed by atoms with van der Waals surface area (Å²) in [4.78, 5) is 12.0. The number of alkyl halides is 1. The molecule has 110 valence electrons. The second kappa shape index (κ2) is 6.77. The van der Waals surface area contributed by atoms with E-state index in [0.29, 0.717) is 12.4 Å². The van der Waals surface area contributed by atoms with Gasteiger partial charge in [-0.05, 0) is 31.0 Å². The Balaban J connectivity index is 2.00. The minimum atomic E-state index is -0.599. The van der Waals surface area contributed by atoms with Crippen molar-refractivity contribution in [3.63, 3.8) is 0 Å². The summed E-state index contributed by atoms with van der Waals surface area (Å²) in [5, 5.41) is 3.10. The van der Waals surface area contributed by atoms with E-state index < -0.39 is 11.7 Å². The highest BCUT2D eigenvalue weighted by molar-refractivity contribution is 6.30. The Labute approximate surface area is 128 Å². The first-order valence-corrected chi connectivity index (χ1v) is 7.77. The number of carbonyl (C=O) groups is 1. The Bertz CT molecular complexity index is 487. The molecule has 0 aliphatic heterocycles. The molecule has 1 saturated carbocycles. The van der Waals surface area contributed by atoms with E-state index in [1.54, 1.807) is 0 Å². The molecule has 0 unspecified atom stereocenters. The molecular formula is C15H18Cl2FNO. The molecule has 0 spiro atoms. The molecule has 1 aliphatic carbocycles. The predicted octanol–water partition coefficient (Wildman–Crippen LogP) is 4.40. The first-order valence-electron chi connectivity index (χ1n) is 6.86. The highest BCUT2D eigenvalue weighted by Crippen LogP contribution is 2.36. The van der Waals surface area contributed by atoms with Gasteiger partial charge in [0.05, 0.1) is 5.56 Å². The summed E-state index contributed by atoms with van der Waals surface area (Å²) in [5.41, 5.74) is -0.0202. The quantitative estimate of drug-likeness (QED) is 0.819. The second-order valence-corrected chi connectivity index (χ2v) is 6.20. The molecule has 5 heteroatoms. The summed E-state index contributed by atoms with van der Waals surface area (Å²) in [5.74, 6) is -0.482. The normalized spacial score (nSPS) is 17.8. The number of nitrogens with one attached hydrogen (secondary N) is 1. The first kappa shape index (κ1) is 15.6. The van der Waals surface area contributed by atoms with E-state index in [9.17, 15) is 9.18 Å². The molecule has 0 heterocycles. The van der Waals surface area contributed by atoms with Crippen molar-refractivity contribution in [2.45, 2.75) is 32.1 Å². The standard InChI is InChI=1S/C15H18Cl2FNO/c16-9-15(6-2-1-3-7-15)10-19-14(20)12-5-4-11(17)8-13(12)18/h4-5,8H,1-3,6-7,9-10H2,(H,19,20). The Hall–Kier alpha value is -0.800. The van der Waals surface area contributed by atoms with Gasteiger partial charge in [-0.25, -0.2) is 4.39 Å². The summed E-state index contributed by atoms with van der Waals surface area (Å²) in [6, 6.07) is 4.06. The molecule has 1 aromatic carbocycles. The molecule has 1 aromatic rings. The van der Waals surface area contributed by atoms with E-state index >= 15 is 0 Å². The highest BCUT2D eigenvalue weighted by atomic mass is 35.5. The predicted molar refractivity (Wildman–Crippen MR) is 80.0 cm³/mol. The van der Waals surface area contributed by atoms with Gasteiger partial charge in [-0.15, -0.1) is 11.6 Å². The summed E-state index contributed by atoms with van der Waals surface area (Å²) in [7, 11) is 0. The van der Waals surface area contributed by atoms with Crippen molar-refractivity contribution >= 4 is 29.1 Å². The van der Waals surface area contributed by atoms with Crippen LogP contribution in [0.3, 0.4) is 0 Å². The zero-order valence-corrected chi connectivity index (χ0v) is 12.7. The molecule has 2 nitrogen and oxygen atoms in total. The Morgan fingerprint density at radius 2 is 2.00 bits per heavy atom. The van der Waals surface area contributed by atoms with Gasteiger partial charge in [-0.1, -0.05) is 30.9 Å². The Morgan fingerprint density at radius 3 is 2.60 bits per heavy atom. The van der Waals surface area contributed by atoms with Gasteiger partial charge in [0.2, 0.25) is 0 Å². The maximum atomic E-state index is 13.7. The molecule has 20 heavy (non-hydrogen) atoms. The van der Waals surface area contributed by atoms with E-state index in [1.165, 1.54) is 18.6 Å². The lowest BCUT2D eigenvalue weighted by Crippen LogP contribution is -2.40. The third kappa shape index (κ3) is 3.64. The van der Waals surface area contributed by atoms with E-state index in [2.05, 4.69) is 5.32 Å². The topological polar surface area (TPSA) is 29.1 Å². The summed E-state index contributed by atoms with van der Waals surface area (Å²) < 4.78 is 13.7. The van der Waals surface area contributed by atoms with Crippen LogP contribution in [0.4, 0.5) is 4.39 Å². The summed E-state index contributed by atoms with van der Waals surface area (Å²) >= 11 is 11.8. The number of rotatable bonds is 4. The minimum absolute atomic E-state index is 0.0231. The van der Waals surface area contributed by atoms with Crippen LogP contribution in [-0.2, 0) is 0 Å². The molecule has 1 amide bonds. The van der Waals surface area contributed by atoms with Crippen LogP contribution in [0.2, 0.25) is 5.02 Å². The summed E-state index contributed by atoms with van der Waals surface area (Å²) in [6.45, 7) is 0.497. The number of benzene rings is 1. The maximum absolute atomic E-state index is 13.7. The molecule has 2 rings (SSSR count). The largest absolute Gasteiger partial charge is 0.351 e. The van der Waals surface area contributed by atoms with E-state index in [0.717, 1.165) is 31.7 Å². The van der Waals surface area contributed by atoms with Gasteiger partial charge in [0.15, 0.2) is 0 Å². The lowest BCUT2D eigenvalue weighted by molar-refractivity contribution is 0.0917. The number of carbonyl (C=O) groups excluding carboxylic acids is 1. The zero-order valence-electron chi connectivity index (χ0n) is 11.2. The first-order chi connectivity index (χ1) is 9.56. The molecule has 0 saturated heterocycles. The van der Waals surface area contributed by atoms with E-state index in [4.69, 9.17) is 23.2 Å². The molecular weight excluding hydrogens is 300 g/mol. The van der Waals surface area contributed by atoms with Crippen molar-refractivity contribution in [1.82, 2.24) is 5.32 Å². The molecule has 0 aromatic heterocycles. The fourth-order valence-electron chi connectivity index (χ4n) is 2.70. The molecule has 1 N–H and O–H groups in total. The van der Waals surface area contributed by atoms with Crippen molar-refractivity contribution in [2.75, 3.05) is 12.4 Å². The van der Waals surface area contributed by atoms with Crippen molar-refractivity contribution in [1.29, 1.82) is 0 Å². The van der Waals surface area contributed by atoms with E-state index in [1.807, 2.05) is 0 Å². The average Bonchev–Trinajstić information content (AvgIpc) is 2.46.